The second-order valence-corrected chi connectivity index (χ2v) is 9.69. The van der Waals surface area contributed by atoms with Gasteiger partial charge in [-0.05, 0) is 64.9 Å². The Hall–Kier alpha value is -3.39. The number of hydrogen-bond acceptors (Lipinski definition) is 1. The molecule has 158 valence electrons. The van der Waals surface area contributed by atoms with Gasteiger partial charge in [0.05, 0.1) is 10.9 Å². The topological polar surface area (TPSA) is 13.1 Å². The van der Waals surface area contributed by atoms with E-state index in [9.17, 15) is 0 Å². The molecule has 0 saturated carbocycles. The zero-order valence-electron chi connectivity index (χ0n) is 19.4. The van der Waals surface area contributed by atoms with Crippen molar-refractivity contribution in [3.05, 3.63) is 77.5 Å². The van der Waals surface area contributed by atoms with Gasteiger partial charge >= 0.3 is 0 Å². The minimum Gasteiger partial charge on any atom is -0.455 e. The number of pyridine rings is 1. The van der Waals surface area contributed by atoms with Gasteiger partial charge in [0.1, 0.15) is 18.5 Å². The quantitative estimate of drug-likeness (QED) is 0.209. The lowest BCUT2D eigenvalue weighted by Crippen LogP contribution is -2.32. The highest BCUT2D eigenvalue weighted by atomic mass is 16.5. The molecule has 32 heavy (non-hydrogen) atoms. The third-order valence-electron chi connectivity index (χ3n) is 7.04. The number of benzene rings is 4. The Labute approximate surface area is 189 Å². The van der Waals surface area contributed by atoms with Crippen LogP contribution in [-0.2, 0) is 13.5 Å². The van der Waals surface area contributed by atoms with Gasteiger partial charge < -0.3 is 4.74 Å². The van der Waals surface area contributed by atoms with Gasteiger partial charge in [-0.3, -0.25) is 0 Å². The van der Waals surface area contributed by atoms with Crippen molar-refractivity contribution in [3.8, 4) is 22.8 Å². The van der Waals surface area contributed by atoms with Gasteiger partial charge in [0.25, 0.3) is 0 Å². The van der Waals surface area contributed by atoms with E-state index in [1.54, 1.807) is 0 Å². The first kappa shape index (κ1) is 19.3. The summed E-state index contributed by atoms with van der Waals surface area (Å²) in [6, 6.07) is 20.1. The summed E-state index contributed by atoms with van der Waals surface area (Å²) >= 11 is 0. The maximum absolute atomic E-state index is 6.71. The summed E-state index contributed by atoms with van der Waals surface area (Å²) in [6.07, 6.45) is 3.30. The minimum absolute atomic E-state index is 0.638. The molecule has 0 radical (unpaired) electrons. The molecule has 0 amide bonds. The number of rotatable bonds is 2. The third kappa shape index (κ3) is 2.62. The van der Waals surface area contributed by atoms with Crippen LogP contribution in [0.15, 0.2) is 60.8 Å². The first-order valence-electron chi connectivity index (χ1n) is 11.5. The fraction of sp³-hybridized carbons (Fsp3) is 0.233. The van der Waals surface area contributed by atoms with Crippen molar-refractivity contribution in [3.63, 3.8) is 0 Å². The van der Waals surface area contributed by atoms with Crippen LogP contribution in [0.5, 0.6) is 11.5 Å². The van der Waals surface area contributed by atoms with Gasteiger partial charge in [0.15, 0.2) is 6.20 Å². The molecule has 0 aliphatic carbocycles. The fourth-order valence-corrected chi connectivity index (χ4v) is 5.55. The van der Waals surface area contributed by atoms with Gasteiger partial charge in [0.2, 0.25) is 5.69 Å². The van der Waals surface area contributed by atoms with Crippen molar-refractivity contribution in [2.75, 3.05) is 0 Å². The van der Waals surface area contributed by atoms with Gasteiger partial charge in [0, 0.05) is 17.0 Å². The normalized spacial score (nSPS) is 12.6. The maximum atomic E-state index is 6.71. The highest BCUT2D eigenvalue weighted by Gasteiger charge is 2.32. The second-order valence-electron chi connectivity index (χ2n) is 9.69. The van der Waals surface area contributed by atoms with Crippen molar-refractivity contribution in [2.45, 2.75) is 34.1 Å². The Kier molecular flexibility index (Phi) is 4.10. The molecular weight excluding hydrogens is 390 g/mol. The molecule has 5 aromatic rings. The molecule has 6 rings (SSSR count). The van der Waals surface area contributed by atoms with Gasteiger partial charge in [-0.1, -0.05) is 56.3 Å². The summed E-state index contributed by atoms with van der Waals surface area (Å²) in [4.78, 5) is 0. The Morgan fingerprint density at radius 2 is 1.59 bits per heavy atom. The van der Waals surface area contributed by atoms with E-state index in [2.05, 4.69) is 100 Å². The van der Waals surface area contributed by atoms with E-state index in [1.165, 1.54) is 60.3 Å². The summed E-state index contributed by atoms with van der Waals surface area (Å²) in [5, 5.41) is 7.60. The zero-order valence-corrected chi connectivity index (χ0v) is 19.4. The largest absolute Gasteiger partial charge is 0.455 e. The van der Waals surface area contributed by atoms with Crippen LogP contribution in [0.1, 0.15) is 30.5 Å². The van der Waals surface area contributed by atoms with Crippen LogP contribution in [0.3, 0.4) is 0 Å². The Bertz CT molecular complexity index is 1580. The molecule has 2 heteroatoms. The standard InChI is InChI=1S/C30H28NO/c1-17(2)14-20-10-11-21-16-26-28-24(25(21)15-20)12-13-31(5)29(28)27-18(3)22-8-6-7-9-23(22)19(4)30(27)32-26/h6-13,15-17H,14H2,1-5H3/q+1. The molecule has 0 atom stereocenters. The van der Waals surface area contributed by atoms with Crippen molar-refractivity contribution >= 4 is 32.3 Å². The molecule has 0 unspecified atom stereocenters. The number of nitrogens with zero attached hydrogens (tertiary/aromatic N) is 1. The first-order chi connectivity index (χ1) is 15.4. The van der Waals surface area contributed by atoms with Crippen molar-refractivity contribution in [1.29, 1.82) is 0 Å². The zero-order chi connectivity index (χ0) is 22.1. The minimum atomic E-state index is 0.638. The van der Waals surface area contributed by atoms with Crippen LogP contribution in [0.4, 0.5) is 0 Å². The molecule has 2 nitrogen and oxygen atoms in total. The number of fused-ring (bicyclic) bond motifs is 5. The predicted octanol–water partition coefficient (Wildman–Crippen LogP) is 7.56. The van der Waals surface area contributed by atoms with E-state index >= 15 is 0 Å². The Balaban J connectivity index is 1.76. The lowest BCUT2D eigenvalue weighted by Gasteiger charge is -2.24. The van der Waals surface area contributed by atoms with E-state index in [4.69, 9.17) is 4.74 Å². The van der Waals surface area contributed by atoms with Gasteiger partial charge in [-0.25, -0.2) is 4.57 Å². The predicted molar refractivity (Wildman–Crippen MR) is 134 cm³/mol. The molecule has 0 spiro atoms. The Morgan fingerprint density at radius 1 is 0.844 bits per heavy atom. The molecule has 0 N–H and O–H groups in total. The van der Waals surface area contributed by atoms with Crippen LogP contribution in [0.25, 0.3) is 43.6 Å². The number of aryl methyl sites for hydroxylation is 3. The monoisotopic (exact) mass is 418 g/mol. The molecule has 1 aromatic heterocycles. The SMILES string of the molecule is Cc1c2c(c(C)c3ccccc13)-c1c3c(cc4ccc(CC(C)C)cc4c3cc[n+]1C)O2. The molecule has 0 fully saturated rings. The van der Waals surface area contributed by atoms with E-state index in [-0.39, 0.29) is 0 Å². The molecule has 1 aliphatic heterocycles. The highest BCUT2D eigenvalue weighted by molar-refractivity contribution is 6.16. The van der Waals surface area contributed by atoms with Crippen LogP contribution in [0.2, 0.25) is 0 Å². The van der Waals surface area contributed by atoms with Crippen LogP contribution in [-0.4, -0.2) is 0 Å². The summed E-state index contributed by atoms with van der Waals surface area (Å²) in [5.41, 5.74) is 6.35. The van der Waals surface area contributed by atoms with Crippen molar-refractivity contribution in [2.24, 2.45) is 13.0 Å². The Morgan fingerprint density at radius 3 is 2.34 bits per heavy atom. The smallest absolute Gasteiger partial charge is 0.228 e. The summed E-state index contributed by atoms with van der Waals surface area (Å²) in [6.45, 7) is 8.98. The molecule has 2 heterocycles. The summed E-state index contributed by atoms with van der Waals surface area (Å²) in [7, 11) is 2.15. The lowest BCUT2D eigenvalue weighted by molar-refractivity contribution is -0.659. The van der Waals surface area contributed by atoms with Crippen molar-refractivity contribution < 1.29 is 9.30 Å². The van der Waals surface area contributed by atoms with E-state index in [1.807, 2.05) is 0 Å². The number of aromatic nitrogens is 1. The van der Waals surface area contributed by atoms with Crippen LogP contribution in [0, 0.1) is 19.8 Å². The first-order valence-corrected chi connectivity index (χ1v) is 11.5. The van der Waals surface area contributed by atoms with Gasteiger partial charge in [-0.15, -0.1) is 0 Å². The second kappa shape index (κ2) is 6.80. The average Bonchev–Trinajstić information content (AvgIpc) is 2.78. The van der Waals surface area contributed by atoms with Crippen LogP contribution < -0.4 is 9.30 Å². The average molecular weight is 419 g/mol. The molecular formula is C30H28NO+. The third-order valence-corrected chi connectivity index (χ3v) is 7.04. The summed E-state index contributed by atoms with van der Waals surface area (Å²) in [5.74, 6) is 2.59. The lowest BCUT2D eigenvalue weighted by atomic mass is 9.88. The van der Waals surface area contributed by atoms with E-state index < -0.39 is 0 Å². The highest BCUT2D eigenvalue weighted by Crippen LogP contribution is 2.51. The van der Waals surface area contributed by atoms with E-state index in [0.29, 0.717) is 5.92 Å². The molecule has 4 aromatic carbocycles. The van der Waals surface area contributed by atoms with Gasteiger partial charge in [-0.2, -0.15) is 0 Å². The molecule has 0 bridgehead atoms. The molecule has 1 aliphatic rings. The van der Waals surface area contributed by atoms with E-state index in [0.717, 1.165) is 17.9 Å². The summed E-state index contributed by atoms with van der Waals surface area (Å²) < 4.78 is 8.98. The number of hydrogen-bond donors (Lipinski definition) is 0. The maximum Gasteiger partial charge on any atom is 0.228 e. The van der Waals surface area contributed by atoms with Crippen molar-refractivity contribution in [1.82, 2.24) is 0 Å². The van der Waals surface area contributed by atoms with Crippen LogP contribution >= 0.6 is 0 Å². The molecule has 0 saturated heterocycles. The fourth-order valence-electron chi connectivity index (χ4n) is 5.55. The number of ether oxygens (including phenoxy) is 1.